The van der Waals surface area contributed by atoms with Gasteiger partial charge in [0.15, 0.2) is 23.2 Å². The molecule has 0 amide bonds. The average molecular weight is 411 g/mol. The first-order valence-corrected chi connectivity index (χ1v) is 10.2. The molecule has 1 aliphatic heterocycles. The lowest BCUT2D eigenvalue weighted by Gasteiger charge is -2.34. The first kappa shape index (κ1) is 20.1. The highest BCUT2D eigenvalue weighted by molar-refractivity contribution is 5.79. The Kier molecular flexibility index (Phi) is 5.83. The minimum absolute atomic E-state index is 0.0525. The number of halogens is 1. The maximum atomic E-state index is 14.2. The summed E-state index contributed by atoms with van der Waals surface area (Å²) < 4.78 is 25.2. The summed E-state index contributed by atoms with van der Waals surface area (Å²) in [5, 5.41) is 3.40. The highest BCUT2D eigenvalue weighted by atomic mass is 19.1. The summed E-state index contributed by atoms with van der Waals surface area (Å²) in [6, 6.07) is 6.76. The van der Waals surface area contributed by atoms with Gasteiger partial charge in [-0.2, -0.15) is 0 Å². The molecule has 1 N–H and O–H groups in total. The normalized spacial score (nSPS) is 14.9. The molecule has 1 aliphatic rings. The molecule has 8 heteroatoms. The monoisotopic (exact) mass is 411 g/mol. The second-order valence-corrected chi connectivity index (χ2v) is 7.66. The molecule has 0 aliphatic carbocycles. The highest BCUT2D eigenvalue weighted by Gasteiger charge is 2.25. The number of benzene rings is 1. The van der Waals surface area contributed by atoms with Crippen molar-refractivity contribution in [2.45, 2.75) is 38.8 Å². The van der Waals surface area contributed by atoms with Crippen molar-refractivity contribution in [3.63, 3.8) is 0 Å². The second kappa shape index (κ2) is 8.69. The third kappa shape index (κ3) is 4.37. The maximum Gasteiger partial charge on any atom is 0.172 e. The van der Waals surface area contributed by atoms with E-state index in [4.69, 9.17) is 19.4 Å². The van der Waals surface area contributed by atoms with Crippen molar-refractivity contribution in [1.29, 1.82) is 0 Å². The predicted molar refractivity (Wildman–Crippen MR) is 115 cm³/mol. The van der Waals surface area contributed by atoms with E-state index >= 15 is 0 Å². The van der Waals surface area contributed by atoms with Gasteiger partial charge in [-0.05, 0) is 32.0 Å². The van der Waals surface area contributed by atoms with Crippen LogP contribution >= 0.6 is 0 Å². The lowest BCUT2D eigenvalue weighted by molar-refractivity contribution is 0.163. The van der Waals surface area contributed by atoms with E-state index in [9.17, 15) is 4.39 Å². The van der Waals surface area contributed by atoms with E-state index in [1.54, 1.807) is 24.5 Å². The summed E-state index contributed by atoms with van der Waals surface area (Å²) in [4.78, 5) is 15.9. The van der Waals surface area contributed by atoms with E-state index in [1.807, 2.05) is 6.07 Å². The largest absolute Gasteiger partial charge is 0.497 e. The van der Waals surface area contributed by atoms with Crippen molar-refractivity contribution in [2.24, 2.45) is 0 Å². The minimum Gasteiger partial charge on any atom is -0.497 e. The van der Waals surface area contributed by atoms with Crippen LogP contribution in [-0.4, -0.2) is 47.3 Å². The summed E-state index contributed by atoms with van der Waals surface area (Å²) in [5.41, 5.74) is 1.57. The molecule has 7 nitrogen and oxygen atoms in total. The molecule has 0 bridgehead atoms. The van der Waals surface area contributed by atoms with Gasteiger partial charge in [0, 0.05) is 44.2 Å². The summed E-state index contributed by atoms with van der Waals surface area (Å²) in [6.07, 6.45) is 4.93. The average Bonchev–Trinajstić information content (AvgIpc) is 2.75. The van der Waals surface area contributed by atoms with Gasteiger partial charge in [0.25, 0.3) is 0 Å². The number of nitrogens with one attached hydrogen (secondary N) is 1. The van der Waals surface area contributed by atoms with Gasteiger partial charge in [0.2, 0.25) is 0 Å². The maximum absolute atomic E-state index is 14.2. The summed E-state index contributed by atoms with van der Waals surface area (Å²) in [5.74, 6) is 1.91. The van der Waals surface area contributed by atoms with E-state index < -0.39 is 5.82 Å². The molecule has 1 aromatic carbocycles. The van der Waals surface area contributed by atoms with Crippen molar-refractivity contribution >= 4 is 22.7 Å². The molecule has 0 atom stereocenters. The molecule has 0 unspecified atom stereocenters. The molecule has 3 aromatic rings. The summed E-state index contributed by atoms with van der Waals surface area (Å²) in [6.45, 7) is 5.64. The number of rotatable bonds is 6. The molecule has 158 valence electrons. The standard InChI is InChI=1S/C22H26FN5O2/c1-14(2)25-21-22(27-18-6-9-24-13-19(18)26-21)28-10-7-15(8-11-28)30-20-5-4-16(29-3)12-17(20)23/h4-6,9,12-15H,7-8,10-11H2,1-3H3,(H,25,26). The van der Waals surface area contributed by atoms with Gasteiger partial charge >= 0.3 is 0 Å². The SMILES string of the molecule is COc1ccc(OC2CCN(c3nc4ccncc4nc3NC(C)C)CC2)c(F)c1. The zero-order valence-electron chi connectivity index (χ0n) is 17.4. The van der Waals surface area contributed by atoms with Gasteiger partial charge < -0.3 is 19.7 Å². The van der Waals surface area contributed by atoms with E-state index in [0.29, 0.717) is 5.75 Å². The van der Waals surface area contributed by atoms with E-state index in [0.717, 1.165) is 48.6 Å². The third-order valence-electron chi connectivity index (χ3n) is 5.05. The molecule has 0 spiro atoms. The molecular formula is C22H26FN5O2. The van der Waals surface area contributed by atoms with Crippen LogP contribution in [0.2, 0.25) is 0 Å². The Morgan fingerprint density at radius 2 is 1.93 bits per heavy atom. The lowest BCUT2D eigenvalue weighted by Crippen LogP contribution is -2.39. The van der Waals surface area contributed by atoms with Crippen molar-refractivity contribution in [1.82, 2.24) is 15.0 Å². The van der Waals surface area contributed by atoms with Gasteiger partial charge in [-0.25, -0.2) is 14.4 Å². The Labute approximate surface area is 175 Å². The first-order valence-electron chi connectivity index (χ1n) is 10.2. The highest BCUT2D eigenvalue weighted by Crippen LogP contribution is 2.30. The predicted octanol–water partition coefficient (Wildman–Crippen LogP) is 4.04. The van der Waals surface area contributed by atoms with E-state index in [1.165, 1.54) is 13.2 Å². The number of piperidine rings is 1. The Hall–Kier alpha value is -3.16. The van der Waals surface area contributed by atoms with Crippen LogP contribution < -0.4 is 19.7 Å². The Balaban J connectivity index is 1.49. The van der Waals surface area contributed by atoms with Gasteiger partial charge in [-0.3, -0.25) is 4.98 Å². The number of nitrogens with zero attached hydrogens (tertiary/aromatic N) is 4. The summed E-state index contributed by atoms with van der Waals surface area (Å²) in [7, 11) is 1.51. The quantitative estimate of drug-likeness (QED) is 0.656. The Bertz CT molecular complexity index is 1020. The number of ether oxygens (including phenoxy) is 2. The van der Waals surface area contributed by atoms with Crippen LogP contribution in [0.1, 0.15) is 26.7 Å². The van der Waals surface area contributed by atoms with Crippen molar-refractivity contribution in [3.8, 4) is 11.5 Å². The molecule has 4 rings (SSSR count). The molecule has 2 aromatic heterocycles. The van der Waals surface area contributed by atoms with Gasteiger partial charge in [0.05, 0.1) is 18.8 Å². The van der Waals surface area contributed by atoms with E-state index in [-0.39, 0.29) is 17.9 Å². The number of fused-ring (bicyclic) bond motifs is 1. The zero-order valence-corrected chi connectivity index (χ0v) is 17.4. The molecular weight excluding hydrogens is 385 g/mol. The third-order valence-corrected chi connectivity index (χ3v) is 5.05. The van der Waals surface area contributed by atoms with Crippen LogP contribution in [0.4, 0.5) is 16.0 Å². The lowest BCUT2D eigenvalue weighted by atomic mass is 10.1. The number of hydrogen-bond donors (Lipinski definition) is 1. The van der Waals surface area contributed by atoms with Crippen LogP contribution in [0.15, 0.2) is 36.7 Å². The molecule has 3 heterocycles. The molecule has 0 radical (unpaired) electrons. The Morgan fingerprint density at radius 3 is 2.63 bits per heavy atom. The fraction of sp³-hybridized carbons (Fsp3) is 0.409. The summed E-state index contributed by atoms with van der Waals surface area (Å²) >= 11 is 0. The second-order valence-electron chi connectivity index (χ2n) is 7.66. The zero-order chi connectivity index (χ0) is 21.1. The number of methoxy groups -OCH3 is 1. The molecule has 1 saturated heterocycles. The Morgan fingerprint density at radius 1 is 1.13 bits per heavy atom. The number of pyridine rings is 1. The minimum atomic E-state index is -0.408. The number of anilines is 2. The fourth-order valence-corrected chi connectivity index (χ4v) is 3.56. The van der Waals surface area contributed by atoms with Crippen LogP contribution in [0.5, 0.6) is 11.5 Å². The first-order chi connectivity index (χ1) is 14.5. The molecule has 30 heavy (non-hydrogen) atoms. The van der Waals surface area contributed by atoms with Crippen molar-refractivity contribution < 1.29 is 13.9 Å². The van der Waals surface area contributed by atoms with Crippen LogP contribution in [-0.2, 0) is 0 Å². The van der Waals surface area contributed by atoms with Gasteiger partial charge in [-0.1, -0.05) is 0 Å². The number of hydrogen-bond acceptors (Lipinski definition) is 7. The molecule has 1 fully saturated rings. The van der Waals surface area contributed by atoms with Gasteiger partial charge in [0.1, 0.15) is 17.4 Å². The van der Waals surface area contributed by atoms with Gasteiger partial charge in [-0.15, -0.1) is 0 Å². The van der Waals surface area contributed by atoms with E-state index in [2.05, 4.69) is 29.0 Å². The van der Waals surface area contributed by atoms with Crippen molar-refractivity contribution in [2.75, 3.05) is 30.4 Å². The fourth-order valence-electron chi connectivity index (χ4n) is 3.56. The smallest absolute Gasteiger partial charge is 0.172 e. The van der Waals surface area contributed by atoms with Crippen LogP contribution in [0.25, 0.3) is 11.0 Å². The number of aromatic nitrogens is 3. The van der Waals surface area contributed by atoms with Crippen LogP contribution in [0, 0.1) is 5.82 Å². The van der Waals surface area contributed by atoms with Crippen molar-refractivity contribution in [3.05, 3.63) is 42.5 Å². The van der Waals surface area contributed by atoms with Crippen LogP contribution in [0.3, 0.4) is 0 Å². The topological polar surface area (TPSA) is 72.4 Å². The molecule has 0 saturated carbocycles.